The first-order valence-corrected chi connectivity index (χ1v) is 6.98. The lowest BCUT2D eigenvalue weighted by molar-refractivity contribution is 0.577. The number of nitrogens with two attached hydrogens (primary N) is 1. The van der Waals surface area contributed by atoms with Crippen LogP contribution in [0.15, 0.2) is 42.5 Å². The number of hydrogen-bond acceptors (Lipinski definition) is 2. The molecule has 0 radical (unpaired) electrons. The summed E-state index contributed by atoms with van der Waals surface area (Å²) in [5, 5.41) is 4.13. The quantitative estimate of drug-likeness (QED) is 0.870. The second kappa shape index (κ2) is 5.24. The van der Waals surface area contributed by atoms with Crippen molar-refractivity contribution in [2.75, 3.05) is 5.32 Å². The number of benzene rings is 2. The van der Waals surface area contributed by atoms with Gasteiger partial charge in [0.2, 0.25) is 0 Å². The number of rotatable bonds is 2. The van der Waals surface area contributed by atoms with Crippen molar-refractivity contribution in [3.8, 4) is 0 Å². The largest absolute Gasteiger partial charge is 0.355 e. The summed E-state index contributed by atoms with van der Waals surface area (Å²) in [4.78, 5) is 0. The Morgan fingerprint density at radius 2 is 1.89 bits per heavy atom. The summed E-state index contributed by atoms with van der Waals surface area (Å²) in [6, 6.07) is 14.6. The maximum absolute atomic E-state index is 6.00. The molecule has 1 aliphatic carbocycles. The highest BCUT2D eigenvalue weighted by atomic mass is 35.5. The van der Waals surface area contributed by atoms with E-state index in [2.05, 4.69) is 23.5 Å². The van der Waals surface area contributed by atoms with Gasteiger partial charge in [-0.25, -0.2) is 0 Å². The van der Waals surface area contributed by atoms with E-state index < -0.39 is 0 Å². The maximum Gasteiger partial charge on any atom is 0.0426 e. The smallest absolute Gasteiger partial charge is 0.0426 e. The van der Waals surface area contributed by atoms with E-state index >= 15 is 0 Å². The van der Waals surface area contributed by atoms with Gasteiger partial charge in [-0.2, -0.15) is 0 Å². The van der Waals surface area contributed by atoms with E-state index in [1.54, 1.807) is 0 Å². The Kier molecular flexibility index (Phi) is 3.45. The Bertz CT molecular complexity index is 595. The van der Waals surface area contributed by atoms with Crippen LogP contribution in [0.2, 0.25) is 5.02 Å². The number of hydrogen-bond donors (Lipinski definition) is 2. The zero-order chi connectivity index (χ0) is 13.2. The molecule has 0 saturated carbocycles. The molecule has 0 bridgehead atoms. The third-order valence-corrected chi connectivity index (χ3v) is 3.82. The molecular weight excluding hydrogens is 256 g/mol. The van der Waals surface area contributed by atoms with Gasteiger partial charge in [0.1, 0.15) is 0 Å². The Balaban J connectivity index is 1.83. The van der Waals surface area contributed by atoms with Crippen LogP contribution in [0, 0.1) is 0 Å². The first-order chi connectivity index (χ1) is 9.20. The SMILES string of the molecule is N[C@H]1CCc2cc(Nc3cccc(Cl)c3)ccc2C1. The fraction of sp³-hybridized carbons (Fsp3) is 0.250. The lowest BCUT2D eigenvalue weighted by atomic mass is 9.88. The van der Waals surface area contributed by atoms with Crippen molar-refractivity contribution < 1.29 is 0 Å². The summed E-state index contributed by atoms with van der Waals surface area (Å²) in [7, 11) is 0. The molecule has 0 spiro atoms. The standard InChI is InChI=1S/C16H17ClN2/c17-13-2-1-3-15(10-13)19-16-7-5-11-8-14(18)6-4-12(11)9-16/h1-3,5,7,9-10,14,19H,4,6,8,18H2/t14-/m0/s1. The van der Waals surface area contributed by atoms with E-state index in [0.29, 0.717) is 6.04 Å². The molecule has 0 aliphatic heterocycles. The Morgan fingerprint density at radius 1 is 1.05 bits per heavy atom. The molecule has 2 aromatic carbocycles. The van der Waals surface area contributed by atoms with Crippen LogP contribution < -0.4 is 11.1 Å². The van der Waals surface area contributed by atoms with Crippen molar-refractivity contribution >= 4 is 23.0 Å². The monoisotopic (exact) mass is 272 g/mol. The highest BCUT2D eigenvalue weighted by Crippen LogP contribution is 2.26. The third-order valence-electron chi connectivity index (χ3n) is 3.59. The van der Waals surface area contributed by atoms with Gasteiger partial charge in [-0.15, -0.1) is 0 Å². The molecule has 0 fully saturated rings. The lowest BCUT2D eigenvalue weighted by Gasteiger charge is -2.22. The van der Waals surface area contributed by atoms with Crippen molar-refractivity contribution in [1.29, 1.82) is 0 Å². The van der Waals surface area contributed by atoms with Gasteiger partial charge in [0.25, 0.3) is 0 Å². The van der Waals surface area contributed by atoms with Crippen LogP contribution in [-0.4, -0.2) is 6.04 Å². The predicted molar refractivity (Wildman–Crippen MR) is 81.2 cm³/mol. The Morgan fingerprint density at radius 3 is 2.74 bits per heavy atom. The molecule has 19 heavy (non-hydrogen) atoms. The van der Waals surface area contributed by atoms with Crippen LogP contribution in [0.25, 0.3) is 0 Å². The summed E-state index contributed by atoms with van der Waals surface area (Å²) in [5.74, 6) is 0. The van der Waals surface area contributed by atoms with Crippen LogP contribution in [-0.2, 0) is 12.8 Å². The molecule has 0 aromatic heterocycles. The van der Waals surface area contributed by atoms with E-state index in [1.165, 1.54) is 11.1 Å². The van der Waals surface area contributed by atoms with Gasteiger partial charge in [-0.05, 0) is 60.7 Å². The second-order valence-corrected chi connectivity index (χ2v) is 5.56. The van der Waals surface area contributed by atoms with Crippen molar-refractivity contribution in [3.05, 3.63) is 58.6 Å². The minimum absolute atomic E-state index is 0.319. The van der Waals surface area contributed by atoms with Crippen LogP contribution in [0.4, 0.5) is 11.4 Å². The van der Waals surface area contributed by atoms with Crippen molar-refractivity contribution in [2.24, 2.45) is 5.73 Å². The zero-order valence-corrected chi connectivity index (χ0v) is 11.5. The predicted octanol–water partition coefficient (Wildman–Crippen LogP) is 3.90. The first kappa shape index (κ1) is 12.5. The molecule has 0 amide bonds. The van der Waals surface area contributed by atoms with Crippen molar-refractivity contribution in [2.45, 2.75) is 25.3 Å². The number of nitrogens with one attached hydrogen (secondary N) is 1. The van der Waals surface area contributed by atoms with E-state index in [9.17, 15) is 0 Å². The topological polar surface area (TPSA) is 38.0 Å². The summed E-state index contributed by atoms with van der Waals surface area (Å²) >= 11 is 5.99. The average molecular weight is 273 g/mol. The number of anilines is 2. The highest BCUT2D eigenvalue weighted by molar-refractivity contribution is 6.30. The van der Waals surface area contributed by atoms with Gasteiger partial charge < -0.3 is 11.1 Å². The Labute approximate surface area is 118 Å². The van der Waals surface area contributed by atoms with E-state index in [4.69, 9.17) is 17.3 Å². The number of aryl methyl sites for hydroxylation is 1. The fourth-order valence-corrected chi connectivity index (χ4v) is 2.78. The fourth-order valence-electron chi connectivity index (χ4n) is 2.59. The zero-order valence-electron chi connectivity index (χ0n) is 10.7. The minimum Gasteiger partial charge on any atom is -0.355 e. The van der Waals surface area contributed by atoms with Crippen LogP contribution >= 0.6 is 11.6 Å². The molecule has 1 atom stereocenters. The highest BCUT2D eigenvalue weighted by Gasteiger charge is 2.15. The first-order valence-electron chi connectivity index (χ1n) is 6.61. The number of halogens is 1. The van der Waals surface area contributed by atoms with E-state index in [1.807, 2.05) is 24.3 Å². The molecule has 2 aromatic rings. The van der Waals surface area contributed by atoms with Crippen LogP contribution in [0.3, 0.4) is 0 Å². The molecule has 0 unspecified atom stereocenters. The van der Waals surface area contributed by atoms with E-state index in [0.717, 1.165) is 35.7 Å². The summed E-state index contributed by atoms with van der Waals surface area (Å²) < 4.78 is 0. The molecular formula is C16H17ClN2. The van der Waals surface area contributed by atoms with Gasteiger partial charge in [-0.1, -0.05) is 23.7 Å². The molecule has 3 heteroatoms. The average Bonchev–Trinajstić information content (AvgIpc) is 2.39. The molecule has 1 aliphatic rings. The van der Waals surface area contributed by atoms with Gasteiger partial charge in [-0.3, -0.25) is 0 Å². The third kappa shape index (κ3) is 2.91. The van der Waals surface area contributed by atoms with Gasteiger partial charge in [0, 0.05) is 22.4 Å². The van der Waals surface area contributed by atoms with E-state index in [-0.39, 0.29) is 0 Å². The second-order valence-electron chi connectivity index (χ2n) is 5.12. The lowest BCUT2D eigenvalue weighted by Crippen LogP contribution is -2.27. The van der Waals surface area contributed by atoms with Gasteiger partial charge >= 0.3 is 0 Å². The van der Waals surface area contributed by atoms with Crippen LogP contribution in [0.1, 0.15) is 17.5 Å². The molecule has 98 valence electrons. The van der Waals surface area contributed by atoms with Gasteiger partial charge in [0.05, 0.1) is 0 Å². The van der Waals surface area contributed by atoms with Crippen molar-refractivity contribution in [3.63, 3.8) is 0 Å². The molecule has 3 N–H and O–H groups in total. The summed E-state index contributed by atoms with van der Waals surface area (Å²) in [5.41, 5.74) is 10.9. The molecule has 3 rings (SSSR count). The van der Waals surface area contributed by atoms with Crippen molar-refractivity contribution in [1.82, 2.24) is 0 Å². The van der Waals surface area contributed by atoms with Gasteiger partial charge in [0.15, 0.2) is 0 Å². The maximum atomic E-state index is 6.00. The normalized spacial score (nSPS) is 17.9. The minimum atomic E-state index is 0.319. The molecule has 0 heterocycles. The molecule has 0 saturated heterocycles. The number of fused-ring (bicyclic) bond motifs is 1. The van der Waals surface area contributed by atoms with Crippen LogP contribution in [0.5, 0.6) is 0 Å². The Hall–Kier alpha value is -1.51. The summed E-state index contributed by atoms with van der Waals surface area (Å²) in [6.45, 7) is 0. The molecule has 2 nitrogen and oxygen atoms in total. The summed E-state index contributed by atoms with van der Waals surface area (Å²) in [6.07, 6.45) is 3.14.